The van der Waals surface area contributed by atoms with Crippen LogP contribution in [-0.2, 0) is 4.79 Å². The number of hydrogen-bond donors (Lipinski definition) is 1. The lowest BCUT2D eigenvalue weighted by Gasteiger charge is -2.06. The molecule has 162 valence electrons. The molecule has 0 aliphatic carbocycles. The van der Waals surface area contributed by atoms with Gasteiger partial charge in [0.25, 0.3) is 11.5 Å². The molecule has 0 aliphatic rings. The Morgan fingerprint density at radius 3 is 2.36 bits per heavy atom. The zero-order chi connectivity index (χ0) is 23.4. The molecule has 0 radical (unpaired) electrons. The fraction of sp³-hybridized carbons (Fsp3) is 0. The van der Waals surface area contributed by atoms with Gasteiger partial charge in [0, 0.05) is 28.1 Å². The van der Waals surface area contributed by atoms with Gasteiger partial charge in [0.15, 0.2) is 5.57 Å². The highest BCUT2D eigenvalue weighted by Crippen LogP contribution is 2.22. The molecule has 33 heavy (non-hydrogen) atoms. The van der Waals surface area contributed by atoms with E-state index in [1.54, 1.807) is 54.9 Å². The summed E-state index contributed by atoms with van der Waals surface area (Å²) in [5, 5.41) is 13.2. The number of benzene rings is 2. The average molecular weight is 493 g/mol. The number of hydrogen-bond acceptors (Lipinski definition) is 5. The van der Waals surface area contributed by atoms with Crippen LogP contribution in [0.25, 0.3) is 17.3 Å². The maximum Gasteiger partial charge on any atom is 0.273 e. The van der Waals surface area contributed by atoms with Crippen molar-refractivity contribution in [3.63, 3.8) is 0 Å². The second-order valence-corrected chi connectivity index (χ2v) is 8.68. The predicted octanol–water partition coefficient (Wildman–Crippen LogP) is 3.74. The van der Waals surface area contributed by atoms with Crippen molar-refractivity contribution in [1.29, 1.82) is 5.26 Å². The monoisotopic (exact) mass is 492 g/mol. The molecule has 1 amide bonds. The van der Waals surface area contributed by atoms with Crippen LogP contribution in [0, 0.1) is 11.3 Å². The van der Waals surface area contributed by atoms with E-state index in [4.69, 9.17) is 23.2 Å². The molecule has 6 nitrogen and oxygen atoms in total. The Balaban J connectivity index is 1.94. The summed E-state index contributed by atoms with van der Waals surface area (Å²) in [5.74, 6) is -0.683. The maximum atomic E-state index is 13.3. The van der Waals surface area contributed by atoms with Crippen molar-refractivity contribution >= 4 is 57.8 Å². The van der Waals surface area contributed by atoms with Gasteiger partial charge in [0.1, 0.15) is 10.7 Å². The normalized spacial score (nSPS) is 12.2. The first kappa shape index (κ1) is 22.5. The van der Waals surface area contributed by atoms with Crippen LogP contribution < -0.4 is 20.1 Å². The maximum absolute atomic E-state index is 13.3. The SMILES string of the molecule is N#C/C(C(=O)Nc1cc(Cl)cc(Cl)c1)=c1\s/c(=C/c2ccncc2)c(=O)n1-c1ccccc1. The number of carbonyl (C=O) groups excluding carboxylic acids is 1. The Kier molecular flexibility index (Phi) is 6.71. The molecule has 0 bridgehead atoms. The quantitative estimate of drug-likeness (QED) is 0.469. The zero-order valence-corrected chi connectivity index (χ0v) is 19.2. The van der Waals surface area contributed by atoms with Gasteiger partial charge in [-0.15, -0.1) is 11.3 Å². The van der Waals surface area contributed by atoms with Gasteiger partial charge >= 0.3 is 0 Å². The Hall–Kier alpha value is -3.70. The minimum absolute atomic E-state index is 0.208. The van der Waals surface area contributed by atoms with Crippen LogP contribution in [0.3, 0.4) is 0 Å². The van der Waals surface area contributed by atoms with Crippen molar-refractivity contribution in [1.82, 2.24) is 9.55 Å². The van der Waals surface area contributed by atoms with Gasteiger partial charge < -0.3 is 5.32 Å². The highest BCUT2D eigenvalue weighted by Gasteiger charge is 2.17. The van der Waals surface area contributed by atoms with E-state index < -0.39 is 5.91 Å². The van der Waals surface area contributed by atoms with Crippen LogP contribution in [0.5, 0.6) is 0 Å². The molecule has 4 rings (SSSR count). The number of halogens is 2. The number of rotatable bonds is 4. The zero-order valence-electron chi connectivity index (χ0n) is 16.8. The molecular weight excluding hydrogens is 479 g/mol. The van der Waals surface area contributed by atoms with E-state index >= 15 is 0 Å². The van der Waals surface area contributed by atoms with Gasteiger partial charge in [-0.25, -0.2) is 0 Å². The largest absolute Gasteiger partial charge is 0.321 e. The lowest BCUT2D eigenvalue weighted by atomic mass is 10.2. The lowest BCUT2D eigenvalue weighted by Crippen LogP contribution is -2.32. The van der Waals surface area contributed by atoms with Crippen molar-refractivity contribution < 1.29 is 4.79 Å². The van der Waals surface area contributed by atoms with Gasteiger partial charge in [-0.1, -0.05) is 41.4 Å². The van der Waals surface area contributed by atoms with E-state index in [1.807, 2.05) is 12.1 Å². The number of thiazole rings is 1. The molecule has 0 saturated carbocycles. The molecular formula is C24H14Cl2N4O2S. The van der Waals surface area contributed by atoms with E-state index in [2.05, 4.69) is 10.3 Å². The summed E-state index contributed by atoms with van der Waals surface area (Å²) in [5.41, 5.74) is 1.08. The van der Waals surface area contributed by atoms with E-state index in [-0.39, 0.29) is 15.8 Å². The molecule has 2 aromatic carbocycles. The first-order chi connectivity index (χ1) is 16.0. The number of pyridine rings is 1. The summed E-state index contributed by atoms with van der Waals surface area (Å²) in [4.78, 5) is 30.3. The van der Waals surface area contributed by atoms with E-state index in [9.17, 15) is 14.9 Å². The molecule has 0 unspecified atom stereocenters. The molecule has 2 heterocycles. The molecule has 1 N–H and O–H groups in total. The second-order valence-electron chi connectivity index (χ2n) is 6.77. The molecule has 0 aliphatic heterocycles. The van der Waals surface area contributed by atoms with Gasteiger partial charge in [-0.3, -0.25) is 19.1 Å². The van der Waals surface area contributed by atoms with Gasteiger partial charge in [-0.05, 0) is 54.1 Å². The molecule has 4 aromatic rings. The first-order valence-corrected chi connectivity index (χ1v) is 11.1. The molecule has 2 aromatic heterocycles. The van der Waals surface area contributed by atoms with Crippen LogP contribution in [0.15, 0.2) is 77.9 Å². The number of para-hydroxylation sites is 1. The molecule has 9 heteroatoms. The van der Waals surface area contributed by atoms with Crippen LogP contribution in [0.1, 0.15) is 5.56 Å². The van der Waals surface area contributed by atoms with E-state index in [0.717, 1.165) is 16.9 Å². The summed E-state index contributed by atoms with van der Waals surface area (Å²) in [6.45, 7) is 0. The standard InChI is InChI=1S/C24H14Cl2N4O2S/c25-16-11-17(26)13-18(12-16)29-22(31)20(14-27)24-30(19-4-2-1-3-5-19)23(32)21(33-24)10-15-6-8-28-9-7-15/h1-13H,(H,29,31)/b21-10+,24-20+. The second kappa shape index (κ2) is 9.84. The fourth-order valence-corrected chi connectivity index (χ4v) is 4.72. The first-order valence-electron chi connectivity index (χ1n) is 9.57. The van der Waals surface area contributed by atoms with Crippen LogP contribution in [0.4, 0.5) is 5.69 Å². The number of nitrogens with one attached hydrogen (secondary N) is 1. The number of aromatic nitrogens is 2. The molecule has 0 saturated heterocycles. The highest BCUT2D eigenvalue weighted by molar-refractivity contribution is 7.07. The minimum Gasteiger partial charge on any atom is -0.321 e. The Labute approximate surface area is 202 Å². The number of nitriles is 1. The summed E-state index contributed by atoms with van der Waals surface area (Å²) >= 11 is 13.1. The van der Waals surface area contributed by atoms with Gasteiger partial charge in [0.05, 0.1) is 10.2 Å². The Morgan fingerprint density at radius 2 is 1.73 bits per heavy atom. The molecule has 0 spiro atoms. The lowest BCUT2D eigenvalue weighted by molar-refractivity contribution is -0.111. The van der Waals surface area contributed by atoms with Crippen molar-refractivity contribution in [3.05, 3.63) is 108 Å². The molecule has 0 atom stereocenters. The number of nitrogens with zero attached hydrogens (tertiary/aromatic N) is 3. The third-order valence-electron chi connectivity index (χ3n) is 4.52. The Bertz CT molecular complexity index is 1540. The summed E-state index contributed by atoms with van der Waals surface area (Å²) in [6, 6.07) is 18.9. The van der Waals surface area contributed by atoms with Crippen molar-refractivity contribution in [2.45, 2.75) is 0 Å². The van der Waals surface area contributed by atoms with Crippen LogP contribution in [0.2, 0.25) is 10.0 Å². The van der Waals surface area contributed by atoms with E-state index in [1.165, 1.54) is 22.8 Å². The fourth-order valence-electron chi connectivity index (χ4n) is 3.09. The third-order valence-corrected chi connectivity index (χ3v) is 6.04. The highest BCUT2D eigenvalue weighted by atomic mass is 35.5. The van der Waals surface area contributed by atoms with Crippen LogP contribution >= 0.6 is 34.5 Å². The summed E-state index contributed by atoms with van der Waals surface area (Å²) in [7, 11) is 0. The smallest absolute Gasteiger partial charge is 0.273 e. The van der Waals surface area contributed by atoms with Crippen molar-refractivity contribution in [2.24, 2.45) is 0 Å². The Morgan fingerprint density at radius 1 is 1.06 bits per heavy atom. The average Bonchev–Trinajstić information content (AvgIpc) is 3.10. The minimum atomic E-state index is -0.683. The van der Waals surface area contributed by atoms with Gasteiger partial charge in [-0.2, -0.15) is 5.26 Å². The third kappa shape index (κ3) is 5.04. The van der Waals surface area contributed by atoms with Gasteiger partial charge in [0.2, 0.25) is 0 Å². The number of carbonyl (C=O) groups is 1. The van der Waals surface area contributed by atoms with Crippen molar-refractivity contribution in [3.8, 4) is 11.8 Å². The predicted molar refractivity (Wildman–Crippen MR) is 131 cm³/mol. The topological polar surface area (TPSA) is 87.8 Å². The number of anilines is 1. The van der Waals surface area contributed by atoms with Crippen LogP contribution in [-0.4, -0.2) is 15.5 Å². The summed E-state index contributed by atoms with van der Waals surface area (Å²) in [6.07, 6.45) is 4.93. The van der Waals surface area contributed by atoms with E-state index in [0.29, 0.717) is 26.0 Å². The van der Waals surface area contributed by atoms with Crippen molar-refractivity contribution in [2.75, 3.05) is 5.32 Å². The summed E-state index contributed by atoms with van der Waals surface area (Å²) < 4.78 is 1.94. The number of amides is 1. The molecule has 0 fully saturated rings.